The van der Waals surface area contributed by atoms with Gasteiger partial charge in [-0.1, -0.05) is 33.1 Å². The van der Waals surface area contributed by atoms with Gasteiger partial charge in [0, 0.05) is 22.8 Å². The molecule has 2 nitrogen and oxygen atoms in total. The predicted molar refractivity (Wildman–Crippen MR) is 74.1 cm³/mol. The maximum absolute atomic E-state index is 8.76. The van der Waals surface area contributed by atoms with Crippen LogP contribution in [0.15, 0.2) is 11.4 Å². The van der Waals surface area contributed by atoms with Gasteiger partial charge in [0.05, 0.1) is 5.56 Å². The molecule has 94 valence electrons. The number of nitriles is 1. The van der Waals surface area contributed by atoms with Gasteiger partial charge in [-0.15, -0.1) is 11.3 Å². The Morgan fingerprint density at radius 3 is 2.76 bits per heavy atom. The molecule has 0 saturated carbocycles. The van der Waals surface area contributed by atoms with Crippen LogP contribution in [0.2, 0.25) is 0 Å². The van der Waals surface area contributed by atoms with Gasteiger partial charge >= 0.3 is 0 Å². The average molecular weight is 250 g/mol. The van der Waals surface area contributed by atoms with Crippen molar-refractivity contribution in [3.05, 3.63) is 21.9 Å². The summed E-state index contributed by atoms with van der Waals surface area (Å²) < 4.78 is 0. The van der Waals surface area contributed by atoms with Crippen LogP contribution in [0.1, 0.15) is 56.4 Å². The van der Waals surface area contributed by atoms with E-state index >= 15 is 0 Å². The van der Waals surface area contributed by atoms with Gasteiger partial charge in [0.1, 0.15) is 6.07 Å². The number of hydrogen-bond donors (Lipinski definition) is 1. The smallest absolute Gasteiger partial charge is 0.100 e. The lowest BCUT2D eigenvalue weighted by atomic mass is 10.1. The van der Waals surface area contributed by atoms with E-state index < -0.39 is 0 Å². The molecule has 3 heteroatoms. The topological polar surface area (TPSA) is 35.8 Å². The van der Waals surface area contributed by atoms with Crippen molar-refractivity contribution in [3.8, 4) is 6.07 Å². The van der Waals surface area contributed by atoms with E-state index in [1.54, 1.807) is 11.3 Å². The molecule has 0 radical (unpaired) electrons. The zero-order chi connectivity index (χ0) is 12.5. The van der Waals surface area contributed by atoms with Crippen molar-refractivity contribution < 1.29 is 0 Å². The molecule has 0 amide bonds. The number of nitrogens with zero attached hydrogens (tertiary/aromatic N) is 1. The van der Waals surface area contributed by atoms with Crippen molar-refractivity contribution in [1.29, 1.82) is 5.26 Å². The second-order valence-electron chi connectivity index (χ2n) is 4.42. The molecule has 0 saturated heterocycles. The molecule has 1 atom stereocenters. The van der Waals surface area contributed by atoms with Gasteiger partial charge in [-0.05, 0) is 18.9 Å². The molecule has 1 rings (SSSR count). The van der Waals surface area contributed by atoms with E-state index in [2.05, 4.69) is 25.2 Å². The molecule has 0 aliphatic heterocycles. The van der Waals surface area contributed by atoms with Gasteiger partial charge in [-0.25, -0.2) is 0 Å². The quantitative estimate of drug-likeness (QED) is 0.755. The number of nitrogens with one attached hydrogen (secondary N) is 1. The maximum Gasteiger partial charge on any atom is 0.100 e. The Morgan fingerprint density at radius 2 is 2.18 bits per heavy atom. The monoisotopic (exact) mass is 250 g/mol. The fourth-order valence-corrected chi connectivity index (χ4v) is 2.69. The van der Waals surface area contributed by atoms with E-state index in [4.69, 9.17) is 5.26 Å². The Balaban J connectivity index is 2.37. The molecule has 0 bridgehead atoms. The lowest BCUT2D eigenvalue weighted by Gasteiger charge is -2.17. The van der Waals surface area contributed by atoms with Gasteiger partial charge in [0.15, 0.2) is 0 Å². The van der Waals surface area contributed by atoms with Crippen LogP contribution in [0.25, 0.3) is 0 Å². The van der Waals surface area contributed by atoms with Crippen molar-refractivity contribution >= 4 is 11.3 Å². The van der Waals surface area contributed by atoms with Crippen molar-refractivity contribution in [3.63, 3.8) is 0 Å². The predicted octanol–water partition coefficient (Wildman–Crippen LogP) is 4.07. The van der Waals surface area contributed by atoms with Crippen LogP contribution < -0.4 is 5.32 Å². The molecular formula is C14H22N2S. The third-order valence-corrected chi connectivity index (χ3v) is 3.83. The minimum Gasteiger partial charge on any atom is -0.309 e. The van der Waals surface area contributed by atoms with Crippen LogP contribution >= 0.6 is 11.3 Å². The van der Waals surface area contributed by atoms with Crippen molar-refractivity contribution in [2.75, 3.05) is 0 Å². The second kappa shape index (κ2) is 8.27. The fraction of sp³-hybridized carbons (Fsp3) is 0.643. The second-order valence-corrected chi connectivity index (χ2v) is 5.42. The molecule has 17 heavy (non-hydrogen) atoms. The molecule has 1 unspecified atom stereocenters. The lowest BCUT2D eigenvalue weighted by Crippen LogP contribution is -2.28. The standard InChI is InChI=1S/C14H22N2S/c1-3-5-7-13(6-4-2)16-10-14-8-12(9-15)11-17-14/h8,11,13,16H,3-7,10H2,1-2H3. The van der Waals surface area contributed by atoms with Crippen LogP contribution in [-0.4, -0.2) is 6.04 Å². The van der Waals surface area contributed by atoms with E-state index in [9.17, 15) is 0 Å². The normalized spacial score (nSPS) is 12.3. The van der Waals surface area contributed by atoms with Crippen LogP contribution in [-0.2, 0) is 6.54 Å². The van der Waals surface area contributed by atoms with Crippen LogP contribution in [0.3, 0.4) is 0 Å². The van der Waals surface area contributed by atoms with Crippen molar-refractivity contribution in [1.82, 2.24) is 5.32 Å². The van der Waals surface area contributed by atoms with Gasteiger partial charge < -0.3 is 5.32 Å². The summed E-state index contributed by atoms with van der Waals surface area (Å²) in [5.74, 6) is 0. The third kappa shape index (κ3) is 5.34. The van der Waals surface area contributed by atoms with Crippen LogP contribution in [0.5, 0.6) is 0 Å². The highest BCUT2D eigenvalue weighted by molar-refractivity contribution is 7.10. The van der Waals surface area contributed by atoms with Gasteiger partial charge in [-0.2, -0.15) is 5.26 Å². The third-order valence-electron chi connectivity index (χ3n) is 2.89. The highest BCUT2D eigenvalue weighted by Crippen LogP contribution is 2.15. The molecule has 1 N–H and O–H groups in total. The summed E-state index contributed by atoms with van der Waals surface area (Å²) >= 11 is 1.67. The molecule has 0 aliphatic rings. The summed E-state index contributed by atoms with van der Waals surface area (Å²) in [6.07, 6.45) is 6.30. The maximum atomic E-state index is 8.76. The Labute approximate surface area is 109 Å². The number of thiophene rings is 1. The van der Waals surface area contributed by atoms with Gasteiger partial charge in [0.25, 0.3) is 0 Å². The molecule has 0 aromatic carbocycles. The average Bonchev–Trinajstić information content (AvgIpc) is 2.80. The minimum absolute atomic E-state index is 0.632. The SMILES string of the molecule is CCCCC(CCC)NCc1cc(C#N)cs1. The molecule has 1 aromatic heterocycles. The van der Waals surface area contributed by atoms with Crippen LogP contribution in [0.4, 0.5) is 0 Å². The zero-order valence-corrected chi connectivity index (χ0v) is 11.6. The first-order valence-corrected chi connectivity index (χ1v) is 7.39. The van der Waals surface area contributed by atoms with E-state index in [1.165, 1.54) is 37.0 Å². The summed E-state index contributed by atoms with van der Waals surface area (Å²) in [5.41, 5.74) is 0.785. The number of rotatable bonds is 8. The van der Waals surface area contributed by atoms with E-state index in [0.717, 1.165) is 12.1 Å². The van der Waals surface area contributed by atoms with Crippen molar-refractivity contribution in [2.45, 2.75) is 58.5 Å². The molecule has 0 fully saturated rings. The number of unbranched alkanes of at least 4 members (excludes halogenated alkanes) is 1. The summed E-state index contributed by atoms with van der Waals surface area (Å²) in [4.78, 5) is 1.26. The highest BCUT2D eigenvalue weighted by atomic mass is 32.1. The van der Waals surface area contributed by atoms with E-state index in [1.807, 2.05) is 11.4 Å². The Bertz CT molecular complexity index is 351. The minimum atomic E-state index is 0.632. The molecule has 0 aliphatic carbocycles. The van der Waals surface area contributed by atoms with E-state index in [0.29, 0.717) is 6.04 Å². The molecule has 1 heterocycles. The van der Waals surface area contributed by atoms with Crippen molar-refractivity contribution in [2.24, 2.45) is 0 Å². The molecule has 1 aromatic rings. The first kappa shape index (κ1) is 14.2. The van der Waals surface area contributed by atoms with Crippen LogP contribution in [0, 0.1) is 11.3 Å². The summed E-state index contributed by atoms with van der Waals surface area (Å²) in [5, 5.41) is 14.3. The largest absolute Gasteiger partial charge is 0.309 e. The zero-order valence-electron chi connectivity index (χ0n) is 10.8. The van der Waals surface area contributed by atoms with Gasteiger partial charge in [0.2, 0.25) is 0 Å². The lowest BCUT2D eigenvalue weighted by molar-refractivity contribution is 0.435. The number of hydrogen-bond acceptors (Lipinski definition) is 3. The first-order chi connectivity index (χ1) is 8.30. The Kier molecular flexibility index (Phi) is 6.91. The molecule has 0 spiro atoms. The highest BCUT2D eigenvalue weighted by Gasteiger charge is 2.07. The molecular weight excluding hydrogens is 228 g/mol. The summed E-state index contributed by atoms with van der Waals surface area (Å²) in [7, 11) is 0. The Hall–Kier alpha value is -0.850. The van der Waals surface area contributed by atoms with Gasteiger partial charge in [-0.3, -0.25) is 0 Å². The fourth-order valence-electron chi connectivity index (χ4n) is 1.92. The Morgan fingerprint density at radius 1 is 1.35 bits per heavy atom. The first-order valence-electron chi connectivity index (χ1n) is 6.51. The van der Waals surface area contributed by atoms with E-state index in [-0.39, 0.29) is 0 Å². The summed E-state index contributed by atoms with van der Waals surface area (Å²) in [6.45, 7) is 5.38. The summed E-state index contributed by atoms with van der Waals surface area (Å²) in [6, 6.07) is 4.80.